The van der Waals surface area contributed by atoms with Gasteiger partial charge in [-0.1, -0.05) is 48.5 Å². The van der Waals surface area contributed by atoms with E-state index in [9.17, 15) is 14.7 Å². The molecular weight excluding hydrogens is 1090 g/mol. The summed E-state index contributed by atoms with van der Waals surface area (Å²) in [4.78, 5) is 30.6. The number of nitrogens with zero attached hydrogens (tertiary/aromatic N) is 4. The highest BCUT2D eigenvalue weighted by molar-refractivity contribution is 5.94. The van der Waals surface area contributed by atoms with Crippen molar-refractivity contribution in [2.75, 3.05) is 74.3 Å². The normalized spacial score (nSPS) is 20.4. The third-order valence-corrected chi connectivity index (χ3v) is 15.9. The van der Waals surface area contributed by atoms with E-state index in [-0.39, 0.29) is 54.6 Å². The Kier molecular flexibility index (Phi) is 20.5. The van der Waals surface area contributed by atoms with Crippen LogP contribution in [-0.2, 0) is 37.7 Å². The minimum Gasteiger partial charge on any atom is -0.497 e. The Bertz CT molecular complexity index is 3280. The number of halogens is 2. The summed E-state index contributed by atoms with van der Waals surface area (Å²) in [5.41, 5.74) is 7.84. The summed E-state index contributed by atoms with van der Waals surface area (Å²) in [6, 6.07) is 37.2. The molecule has 0 radical (unpaired) electrons. The van der Waals surface area contributed by atoms with Crippen LogP contribution in [0.4, 0.5) is 0 Å². The van der Waals surface area contributed by atoms with Crippen molar-refractivity contribution in [3.05, 3.63) is 171 Å². The summed E-state index contributed by atoms with van der Waals surface area (Å²) in [5.74, 6) is 9.67. The van der Waals surface area contributed by atoms with E-state index in [1.165, 1.54) is 32.5 Å². The van der Waals surface area contributed by atoms with Crippen molar-refractivity contribution in [2.45, 2.75) is 64.9 Å². The number of carbonyl (C=O) groups is 1. The molecule has 0 aliphatic carbocycles. The highest BCUT2D eigenvalue weighted by Gasteiger charge is 2.45. The van der Waals surface area contributed by atoms with Crippen molar-refractivity contribution in [3.63, 3.8) is 0 Å². The van der Waals surface area contributed by atoms with Crippen LogP contribution in [-0.4, -0.2) is 105 Å². The molecule has 0 amide bonds. The maximum atomic E-state index is 13.6. The number of ether oxygens (including phenoxy) is 9. The second-order valence-corrected chi connectivity index (χ2v) is 21.1. The fourth-order valence-electron chi connectivity index (χ4n) is 11.1. The van der Waals surface area contributed by atoms with Crippen molar-refractivity contribution in [1.82, 2.24) is 25.0 Å². The number of methoxy groups -OCH3 is 4. The van der Waals surface area contributed by atoms with Gasteiger partial charge in [-0.15, -0.1) is 24.8 Å². The number of cyclic esters (lactones) is 1. The van der Waals surface area contributed by atoms with Crippen LogP contribution in [0.1, 0.15) is 70.1 Å². The lowest BCUT2D eigenvalue weighted by atomic mass is 9.85. The number of hydrogen-bond acceptors (Lipinski definition) is 17. The van der Waals surface area contributed by atoms with Gasteiger partial charge in [0, 0.05) is 36.0 Å². The van der Waals surface area contributed by atoms with E-state index in [4.69, 9.17) is 48.5 Å². The van der Waals surface area contributed by atoms with E-state index in [2.05, 4.69) is 20.3 Å². The van der Waals surface area contributed by atoms with Gasteiger partial charge in [0.15, 0.2) is 23.0 Å². The lowest BCUT2D eigenvalue weighted by molar-refractivity contribution is -0.0548. The second kappa shape index (κ2) is 27.7. The van der Waals surface area contributed by atoms with Crippen LogP contribution in [0.3, 0.4) is 0 Å². The molecule has 18 nitrogen and oxygen atoms in total. The molecule has 7 aromatic rings. The zero-order valence-electron chi connectivity index (χ0n) is 46.6. The molecule has 4 fully saturated rings. The van der Waals surface area contributed by atoms with Crippen molar-refractivity contribution >= 4 is 41.6 Å². The first-order chi connectivity index (χ1) is 39.0. The first-order valence-electron chi connectivity index (χ1n) is 27.0. The monoisotopic (exact) mass is 1160 g/mol. The van der Waals surface area contributed by atoms with E-state index in [0.717, 1.165) is 89.7 Å². The van der Waals surface area contributed by atoms with Crippen LogP contribution >= 0.6 is 24.8 Å². The molecule has 12 rings (SSSR count). The molecule has 1 aromatic heterocycles. The van der Waals surface area contributed by atoms with E-state index in [0.29, 0.717) is 59.1 Å². The molecule has 6 aromatic carbocycles. The average Bonchev–Trinajstić information content (AvgIpc) is 3.99. The Morgan fingerprint density at radius 3 is 1.35 bits per heavy atom. The van der Waals surface area contributed by atoms with Crippen LogP contribution in [0.15, 0.2) is 132 Å². The first-order valence-corrected chi connectivity index (χ1v) is 27.0. The molecule has 82 heavy (non-hydrogen) atoms. The molecule has 1 atom stereocenters. The summed E-state index contributed by atoms with van der Waals surface area (Å²) in [6.45, 7) is 9.99. The standard InChI is InChI=1S/C31H33N3O5.C24H22O7.C7H15N3.2ClH/c1-36-25-7-3-22(4-8-25)18-38-28-15-24-17-32-34(21-31-11-13-33(20-31)14-12-31)30(35)27(24)16-29(28)39-19-23-5-9-26(37-2)10-6-23;1-27-17-7-3-15(4-8-17)13-29-21-11-19-20(24(26)31-23(19)25)12-22(21)30-14-16-5-9-18(28-2)10-6-16;8-9-5-7-1-3-10(6-7)4-2-7;;/h3-10,15-17H,11-14,18-21H2,1-2H3;3-12,23,25H,13-14H2,1-2H3;9H,1-6,8H2;2*1H. The van der Waals surface area contributed by atoms with E-state index in [1.807, 2.05) is 103 Å². The van der Waals surface area contributed by atoms with Gasteiger partial charge < -0.3 is 57.5 Å². The predicted molar refractivity (Wildman–Crippen MR) is 315 cm³/mol. The van der Waals surface area contributed by atoms with E-state index < -0.39 is 12.3 Å². The number of piperidine rings is 2. The van der Waals surface area contributed by atoms with Crippen molar-refractivity contribution in [2.24, 2.45) is 16.7 Å². The molecule has 4 bridgehead atoms. The maximum absolute atomic E-state index is 13.6. The zero-order chi connectivity index (χ0) is 55.6. The van der Waals surface area contributed by atoms with Crippen LogP contribution in [0.2, 0.25) is 0 Å². The molecule has 0 saturated carbocycles. The maximum Gasteiger partial charge on any atom is 0.341 e. The predicted octanol–water partition coefficient (Wildman–Crippen LogP) is 9.08. The highest BCUT2D eigenvalue weighted by atomic mass is 35.5. The summed E-state index contributed by atoms with van der Waals surface area (Å²) in [6.07, 6.45) is 5.37. The van der Waals surface area contributed by atoms with Gasteiger partial charge in [0.25, 0.3) is 5.56 Å². The fourth-order valence-corrected chi connectivity index (χ4v) is 11.1. The number of aromatic nitrogens is 2. The van der Waals surface area contributed by atoms with Crippen molar-refractivity contribution in [1.29, 1.82) is 0 Å². The van der Waals surface area contributed by atoms with Gasteiger partial charge in [0.05, 0.1) is 52.1 Å². The number of nitrogens with one attached hydrogen (secondary N) is 1. The van der Waals surface area contributed by atoms with E-state index in [1.54, 1.807) is 57.5 Å². The third kappa shape index (κ3) is 14.5. The summed E-state index contributed by atoms with van der Waals surface area (Å²) in [7, 11) is 6.50. The number of hydrogen-bond donors (Lipinski definition) is 3. The number of hydrazine groups is 1. The molecule has 4 saturated heterocycles. The third-order valence-electron chi connectivity index (χ3n) is 15.9. The largest absolute Gasteiger partial charge is 0.497 e. The van der Waals surface area contributed by atoms with Gasteiger partial charge in [-0.05, 0) is 152 Å². The number of aliphatic hydroxyl groups excluding tert-OH is 1. The number of carbonyl (C=O) groups excluding carboxylic acids is 1. The van der Waals surface area contributed by atoms with Crippen LogP contribution in [0.25, 0.3) is 10.8 Å². The van der Waals surface area contributed by atoms with E-state index >= 15 is 0 Å². The number of fused-ring (bicyclic) bond motifs is 6. The molecular formula is C62H72Cl2N6O12. The van der Waals surface area contributed by atoms with Gasteiger partial charge in [-0.25, -0.2) is 9.48 Å². The summed E-state index contributed by atoms with van der Waals surface area (Å²) >= 11 is 0. The molecule has 4 N–H and O–H groups in total. The quantitative estimate of drug-likeness (QED) is 0.0370. The Balaban J connectivity index is 0.000000182. The number of aliphatic hydroxyl groups is 1. The Morgan fingerprint density at radius 1 is 0.573 bits per heavy atom. The first kappa shape index (κ1) is 60.8. The molecule has 0 spiro atoms. The Labute approximate surface area is 490 Å². The fraction of sp³-hybridized carbons (Fsp3) is 0.371. The van der Waals surface area contributed by atoms with Crippen LogP contribution in [0, 0.1) is 10.8 Å². The number of rotatable bonds is 20. The minimum absolute atomic E-state index is 0. The lowest BCUT2D eigenvalue weighted by Crippen LogP contribution is -2.37. The molecule has 6 heterocycles. The minimum atomic E-state index is -1.32. The molecule has 1 unspecified atom stereocenters. The number of nitrogens with two attached hydrogens (primary N) is 1. The van der Waals surface area contributed by atoms with Gasteiger partial charge in [-0.2, -0.15) is 5.10 Å². The van der Waals surface area contributed by atoms with Gasteiger partial charge >= 0.3 is 5.97 Å². The van der Waals surface area contributed by atoms with Gasteiger partial charge in [-0.3, -0.25) is 16.1 Å². The highest BCUT2D eigenvalue weighted by Crippen LogP contribution is 2.43. The molecule has 5 aliphatic heterocycles. The van der Waals surface area contributed by atoms with Gasteiger partial charge in [0.1, 0.15) is 49.4 Å². The lowest BCUT2D eigenvalue weighted by Gasteiger charge is -2.25. The number of benzene rings is 6. The number of esters is 1. The SMILES string of the molecule is COc1ccc(COc2cc3c(cc2OCc2ccc(OC)cc2)C(O)OC3=O)cc1.COc1ccc(COc2cc3cnn(CC45CCN(CC4)C5)c(=O)c3cc2OCc2ccc(OC)cc2)cc1.Cl.Cl.NNCC12CCN(CC1)C2. The summed E-state index contributed by atoms with van der Waals surface area (Å²) < 4.78 is 51.8. The average molecular weight is 1160 g/mol. The van der Waals surface area contributed by atoms with Crippen molar-refractivity contribution in [3.8, 4) is 46.0 Å². The molecule has 436 valence electrons. The zero-order valence-corrected chi connectivity index (χ0v) is 48.3. The topological polar surface area (TPSA) is 200 Å². The van der Waals surface area contributed by atoms with Crippen molar-refractivity contribution < 1.29 is 52.5 Å². The van der Waals surface area contributed by atoms with Crippen LogP contribution in [0.5, 0.6) is 46.0 Å². The Hall–Kier alpha value is -7.29. The molecule has 5 aliphatic rings. The molecule has 20 heteroatoms. The summed E-state index contributed by atoms with van der Waals surface area (Å²) in [5, 5.41) is 15.9. The Morgan fingerprint density at radius 2 is 0.963 bits per heavy atom. The van der Waals surface area contributed by atoms with Gasteiger partial charge in [0.2, 0.25) is 6.29 Å². The smallest absolute Gasteiger partial charge is 0.341 e. The van der Waals surface area contributed by atoms with Crippen LogP contribution < -0.4 is 54.7 Å². The second-order valence-electron chi connectivity index (χ2n) is 21.1.